The van der Waals surface area contributed by atoms with Crippen LogP contribution in [0.2, 0.25) is 0 Å². The Morgan fingerprint density at radius 2 is 1.86 bits per heavy atom. The summed E-state index contributed by atoms with van der Waals surface area (Å²) in [7, 11) is -1.90. The van der Waals surface area contributed by atoms with Gasteiger partial charge in [-0.1, -0.05) is 6.07 Å². The largest absolute Gasteiger partial charge is 0.372 e. The molecule has 0 unspecified atom stereocenters. The molecule has 28 heavy (non-hydrogen) atoms. The Kier molecular flexibility index (Phi) is 7.09. The average Bonchev–Trinajstić information content (AvgIpc) is 3.25. The second kappa shape index (κ2) is 9.54. The second-order valence-electron chi connectivity index (χ2n) is 7.00. The minimum absolute atomic E-state index is 0.104. The fourth-order valence-corrected chi connectivity index (χ4v) is 5.69. The molecular formula is C20H27N3O3S2. The molecule has 1 amide bonds. The first-order valence-electron chi connectivity index (χ1n) is 9.61. The van der Waals surface area contributed by atoms with E-state index in [4.69, 9.17) is 0 Å². The highest BCUT2D eigenvalue weighted by Crippen LogP contribution is 2.22. The number of benzene rings is 1. The van der Waals surface area contributed by atoms with Gasteiger partial charge in [0.15, 0.2) is 0 Å². The highest BCUT2D eigenvalue weighted by molar-refractivity contribution is 7.91. The number of hydrogen-bond donors (Lipinski definition) is 1. The summed E-state index contributed by atoms with van der Waals surface area (Å²) in [5.41, 5.74) is 1.96. The van der Waals surface area contributed by atoms with Crippen LogP contribution in [0.4, 0.5) is 11.4 Å². The van der Waals surface area contributed by atoms with Gasteiger partial charge in [-0.25, -0.2) is 12.7 Å². The van der Waals surface area contributed by atoms with Crippen LogP contribution in [0.3, 0.4) is 0 Å². The fraction of sp³-hybridized carbons (Fsp3) is 0.450. The van der Waals surface area contributed by atoms with E-state index in [1.54, 1.807) is 24.6 Å². The number of nitrogens with zero attached hydrogens (tertiary/aromatic N) is 2. The van der Waals surface area contributed by atoms with E-state index in [9.17, 15) is 13.2 Å². The molecule has 1 N–H and O–H groups in total. The molecule has 0 radical (unpaired) electrons. The quantitative estimate of drug-likeness (QED) is 0.704. The maximum atomic E-state index is 12.4. The van der Waals surface area contributed by atoms with E-state index in [1.165, 1.54) is 40.6 Å². The lowest BCUT2D eigenvalue weighted by Gasteiger charge is -2.28. The van der Waals surface area contributed by atoms with E-state index in [0.717, 1.165) is 18.8 Å². The second-order valence-corrected chi connectivity index (χ2v) is 10.2. The van der Waals surface area contributed by atoms with Crippen molar-refractivity contribution in [1.82, 2.24) is 4.31 Å². The van der Waals surface area contributed by atoms with E-state index in [0.29, 0.717) is 17.2 Å². The Labute approximate surface area is 171 Å². The minimum Gasteiger partial charge on any atom is -0.372 e. The lowest BCUT2D eigenvalue weighted by Crippen LogP contribution is -2.29. The highest BCUT2D eigenvalue weighted by atomic mass is 32.2. The van der Waals surface area contributed by atoms with Gasteiger partial charge >= 0.3 is 0 Å². The molecule has 1 fully saturated rings. The van der Waals surface area contributed by atoms with E-state index in [2.05, 4.69) is 10.2 Å². The van der Waals surface area contributed by atoms with Crippen molar-refractivity contribution >= 4 is 38.6 Å². The smallest absolute Gasteiger partial charge is 0.252 e. The number of piperidine rings is 1. The van der Waals surface area contributed by atoms with Crippen LogP contribution in [0.25, 0.3) is 0 Å². The number of hydrogen-bond acceptors (Lipinski definition) is 5. The van der Waals surface area contributed by atoms with Crippen molar-refractivity contribution in [2.45, 2.75) is 36.3 Å². The predicted molar refractivity (Wildman–Crippen MR) is 115 cm³/mol. The van der Waals surface area contributed by atoms with Gasteiger partial charge in [0.05, 0.1) is 0 Å². The third-order valence-corrected chi connectivity index (χ3v) is 8.14. The Balaban J connectivity index is 1.44. The van der Waals surface area contributed by atoms with Crippen LogP contribution in [0, 0.1) is 0 Å². The van der Waals surface area contributed by atoms with Crippen molar-refractivity contribution in [1.29, 1.82) is 0 Å². The van der Waals surface area contributed by atoms with Crippen molar-refractivity contribution in [2.75, 3.05) is 36.9 Å². The molecule has 0 saturated carbocycles. The van der Waals surface area contributed by atoms with Gasteiger partial charge in [-0.3, -0.25) is 4.79 Å². The Morgan fingerprint density at radius 3 is 2.50 bits per heavy atom. The van der Waals surface area contributed by atoms with E-state index >= 15 is 0 Å². The molecule has 0 bridgehead atoms. The lowest BCUT2D eigenvalue weighted by atomic mass is 10.1. The van der Waals surface area contributed by atoms with Crippen LogP contribution in [0.1, 0.15) is 32.1 Å². The third-order valence-electron chi connectivity index (χ3n) is 4.91. The molecular weight excluding hydrogens is 394 g/mol. The normalized spacial score (nSPS) is 15.0. The number of rotatable bonds is 8. The van der Waals surface area contributed by atoms with Crippen molar-refractivity contribution in [3.8, 4) is 0 Å². The summed E-state index contributed by atoms with van der Waals surface area (Å²) in [4.78, 5) is 14.5. The zero-order valence-corrected chi connectivity index (χ0v) is 17.8. The molecule has 1 aliphatic rings. The minimum atomic E-state index is -3.45. The zero-order chi connectivity index (χ0) is 20.0. The number of nitrogens with one attached hydrogen (secondary N) is 1. The van der Waals surface area contributed by atoms with Gasteiger partial charge in [-0.05, 0) is 61.4 Å². The number of sulfonamides is 1. The molecule has 3 rings (SSSR count). The topological polar surface area (TPSA) is 69.7 Å². The van der Waals surface area contributed by atoms with Crippen LogP contribution in [-0.4, -0.2) is 45.3 Å². The van der Waals surface area contributed by atoms with E-state index in [1.807, 2.05) is 24.3 Å². The Hall–Kier alpha value is -1.90. The standard InChI is InChI=1S/C20H27N3O3S2/c1-22(28(25,26)20-8-6-16-27-20)13-5-7-19(24)21-17-9-11-18(12-10-17)23-14-3-2-4-15-23/h6,8-12,16H,2-5,7,13-15H2,1H3,(H,21,24). The van der Waals surface area contributed by atoms with Crippen LogP contribution in [0.5, 0.6) is 0 Å². The Bertz CT molecular complexity index is 859. The van der Waals surface area contributed by atoms with E-state index < -0.39 is 10.0 Å². The van der Waals surface area contributed by atoms with Gasteiger partial charge in [-0.15, -0.1) is 11.3 Å². The molecule has 0 atom stereocenters. The molecule has 1 aliphatic heterocycles. The summed E-state index contributed by atoms with van der Waals surface area (Å²) in [5.74, 6) is -0.104. The maximum absolute atomic E-state index is 12.4. The average molecular weight is 422 g/mol. The van der Waals surface area contributed by atoms with Gasteiger partial charge in [0.2, 0.25) is 5.91 Å². The van der Waals surface area contributed by atoms with Crippen molar-refractivity contribution in [3.05, 3.63) is 41.8 Å². The van der Waals surface area contributed by atoms with Gasteiger partial charge < -0.3 is 10.2 Å². The van der Waals surface area contributed by atoms with Crippen LogP contribution in [0.15, 0.2) is 46.0 Å². The summed E-state index contributed by atoms with van der Waals surface area (Å²) in [6.45, 7) is 2.49. The first-order chi connectivity index (χ1) is 13.5. The maximum Gasteiger partial charge on any atom is 0.252 e. The van der Waals surface area contributed by atoms with Crippen molar-refractivity contribution < 1.29 is 13.2 Å². The summed E-state index contributed by atoms with van der Waals surface area (Å²) in [5, 5.41) is 4.63. The fourth-order valence-electron chi connectivity index (χ4n) is 3.28. The van der Waals surface area contributed by atoms with Crippen LogP contribution >= 0.6 is 11.3 Å². The third kappa shape index (κ3) is 5.33. The Morgan fingerprint density at radius 1 is 1.14 bits per heavy atom. The van der Waals surface area contributed by atoms with Crippen molar-refractivity contribution in [2.24, 2.45) is 0 Å². The summed E-state index contributed by atoms with van der Waals surface area (Å²) < 4.78 is 26.3. The predicted octanol–water partition coefficient (Wildman–Crippen LogP) is 3.78. The zero-order valence-electron chi connectivity index (χ0n) is 16.1. The first-order valence-corrected chi connectivity index (χ1v) is 11.9. The van der Waals surface area contributed by atoms with Crippen molar-refractivity contribution in [3.63, 3.8) is 0 Å². The SMILES string of the molecule is CN(CCCC(=O)Nc1ccc(N2CCCCC2)cc1)S(=O)(=O)c1cccs1. The molecule has 1 aromatic carbocycles. The first kappa shape index (κ1) is 20.8. The summed E-state index contributed by atoms with van der Waals surface area (Å²) in [6.07, 6.45) is 4.51. The summed E-state index contributed by atoms with van der Waals surface area (Å²) in [6, 6.07) is 11.3. The molecule has 2 heterocycles. The molecule has 8 heteroatoms. The van der Waals surface area contributed by atoms with E-state index in [-0.39, 0.29) is 12.3 Å². The van der Waals surface area contributed by atoms with Gasteiger partial charge in [0.25, 0.3) is 10.0 Å². The molecule has 0 spiro atoms. The molecule has 2 aromatic rings. The molecule has 1 saturated heterocycles. The van der Waals surface area contributed by atoms with Gasteiger partial charge in [-0.2, -0.15) is 0 Å². The van der Waals surface area contributed by atoms with Gasteiger partial charge in [0, 0.05) is 44.5 Å². The molecule has 6 nitrogen and oxygen atoms in total. The van der Waals surface area contributed by atoms with Crippen LogP contribution in [-0.2, 0) is 14.8 Å². The number of amides is 1. The molecule has 152 valence electrons. The van der Waals surface area contributed by atoms with Gasteiger partial charge in [0.1, 0.15) is 4.21 Å². The lowest BCUT2D eigenvalue weighted by molar-refractivity contribution is -0.116. The molecule has 1 aromatic heterocycles. The number of carbonyl (C=O) groups excluding carboxylic acids is 1. The van der Waals surface area contributed by atoms with Crippen LogP contribution < -0.4 is 10.2 Å². The monoisotopic (exact) mass is 421 g/mol. The number of anilines is 2. The number of carbonyl (C=O) groups is 1. The molecule has 0 aliphatic carbocycles. The highest BCUT2D eigenvalue weighted by Gasteiger charge is 2.21. The summed E-state index contributed by atoms with van der Waals surface area (Å²) >= 11 is 1.20. The number of thiophene rings is 1.